The third-order valence-corrected chi connectivity index (χ3v) is 5.10. The molecule has 24 heavy (non-hydrogen) atoms. The molecule has 2 heterocycles. The number of hydrogen-bond acceptors (Lipinski definition) is 2. The highest BCUT2D eigenvalue weighted by Crippen LogP contribution is 2.28. The SMILES string of the molecule is O=C(c1nn(-c2ccc(F)cc2)c2c1CCCC2)N1CCCCC1. The van der Waals surface area contributed by atoms with E-state index in [0.29, 0.717) is 5.69 Å². The molecule has 0 unspecified atom stereocenters. The smallest absolute Gasteiger partial charge is 0.274 e. The van der Waals surface area contributed by atoms with Gasteiger partial charge in [0.25, 0.3) is 5.91 Å². The van der Waals surface area contributed by atoms with Gasteiger partial charge in [0.15, 0.2) is 5.69 Å². The molecule has 1 amide bonds. The molecule has 0 bridgehead atoms. The Morgan fingerprint density at radius 3 is 2.42 bits per heavy atom. The second kappa shape index (κ2) is 6.38. The first-order valence-electron chi connectivity index (χ1n) is 8.90. The number of carbonyl (C=O) groups is 1. The molecular formula is C19H22FN3O. The van der Waals surface area contributed by atoms with Crippen molar-refractivity contribution in [2.75, 3.05) is 13.1 Å². The first kappa shape index (κ1) is 15.4. The zero-order chi connectivity index (χ0) is 16.5. The van der Waals surface area contributed by atoms with E-state index in [1.807, 2.05) is 9.58 Å². The molecule has 4 rings (SSSR count). The van der Waals surface area contributed by atoms with E-state index in [9.17, 15) is 9.18 Å². The summed E-state index contributed by atoms with van der Waals surface area (Å²) in [5.74, 6) is -0.196. The van der Waals surface area contributed by atoms with E-state index in [0.717, 1.165) is 68.6 Å². The Morgan fingerprint density at radius 1 is 0.958 bits per heavy atom. The zero-order valence-corrected chi connectivity index (χ0v) is 13.8. The van der Waals surface area contributed by atoms with Gasteiger partial charge in [-0.2, -0.15) is 5.10 Å². The third kappa shape index (κ3) is 2.72. The van der Waals surface area contributed by atoms with E-state index in [1.54, 1.807) is 12.1 Å². The number of fused-ring (bicyclic) bond motifs is 1. The van der Waals surface area contributed by atoms with Crippen LogP contribution in [0.4, 0.5) is 4.39 Å². The summed E-state index contributed by atoms with van der Waals surface area (Å²) in [6.07, 6.45) is 7.39. The molecular weight excluding hydrogens is 305 g/mol. The van der Waals surface area contributed by atoms with Crippen LogP contribution in [0.15, 0.2) is 24.3 Å². The monoisotopic (exact) mass is 327 g/mol. The van der Waals surface area contributed by atoms with Crippen LogP contribution in [0.3, 0.4) is 0 Å². The highest BCUT2D eigenvalue weighted by molar-refractivity contribution is 5.94. The number of likely N-dealkylation sites (tertiary alicyclic amines) is 1. The van der Waals surface area contributed by atoms with Gasteiger partial charge >= 0.3 is 0 Å². The summed E-state index contributed by atoms with van der Waals surface area (Å²) in [6, 6.07) is 6.34. The molecule has 1 aliphatic carbocycles. The minimum atomic E-state index is -0.260. The van der Waals surface area contributed by atoms with Crippen LogP contribution in [-0.2, 0) is 12.8 Å². The second-order valence-corrected chi connectivity index (χ2v) is 6.72. The number of nitrogens with zero attached hydrogens (tertiary/aromatic N) is 3. The van der Waals surface area contributed by atoms with Gasteiger partial charge in [0.05, 0.1) is 5.69 Å². The number of aromatic nitrogens is 2. The number of rotatable bonds is 2. The van der Waals surface area contributed by atoms with Gasteiger partial charge in [-0.05, 0) is 69.2 Å². The fourth-order valence-corrected chi connectivity index (χ4v) is 3.81. The summed E-state index contributed by atoms with van der Waals surface area (Å²) in [4.78, 5) is 14.9. The summed E-state index contributed by atoms with van der Waals surface area (Å²) in [7, 11) is 0. The molecule has 1 aromatic carbocycles. The Labute approximate surface area is 141 Å². The van der Waals surface area contributed by atoms with Crippen LogP contribution in [0.5, 0.6) is 0 Å². The maximum Gasteiger partial charge on any atom is 0.274 e. The topological polar surface area (TPSA) is 38.1 Å². The van der Waals surface area contributed by atoms with Gasteiger partial charge in [0.1, 0.15) is 5.82 Å². The molecule has 1 aliphatic heterocycles. The number of carbonyl (C=O) groups excluding carboxylic acids is 1. The number of benzene rings is 1. The maximum absolute atomic E-state index is 13.2. The van der Waals surface area contributed by atoms with Gasteiger partial charge in [0.2, 0.25) is 0 Å². The van der Waals surface area contributed by atoms with Crippen LogP contribution in [0, 0.1) is 5.82 Å². The minimum absolute atomic E-state index is 0.0636. The number of halogens is 1. The molecule has 1 fully saturated rings. The molecule has 1 aromatic heterocycles. The fraction of sp³-hybridized carbons (Fsp3) is 0.474. The lowest BCUT2D eigenvalue weighted by Gasteiger charge is -2.26. The van der Waals surface area contributed by atoms with Crippen molar-refractivity contribution < 1.29 is 9.18 Å². The van der Waals surface area contributed by atoms with Crippen molar-refractivity contribution in [3.63, 3.8) is 0 Å². The number of piperidine rings is 1. The average molecular weight is 327 g/mol. The average Bonchev–Trinajstić information content (AvgIpc) is 3.02. The van der Waals surface area contributed by atoms with E-state index >= 15 is 0 Å². The van der Waals surface area contributed by atoms with E-state index in [1.165, 1.54) is 18.6 Å². The van der Waals surface area contributed by atoms with E-state index < -0.39 is 0 Å². The van der Waals surface area contributed by atoms with Crippen LogP contribution in [0.1, 0.15) is 53.8 Å². The van der Waals surface area contributed by atoms with Gasteiger partial charge in [-0.3, -0.25) is 4.79 Å². The molecule has 2 aromatic rings. The lowest BCUT2D eigenvalue weighted by atomic mass is 9.95. The zero-order valence-electron chi connectivity index (χ0n) is 13.8. The van der Waals surface area contributed by atoms with Crippen molar-refractivity contribution in [3.8, 4) is 5.69 Å². The predicted molar refractivity (Wildman–Crippen MR) is 89.9 cm³/mol. The van der Waals surface area contributed by atoms with E-state index in [4.69, 9.17) is 0 Å². The summed E-state index contributed by atoms with van der Waals surface area (Å²) in [5, 5.41) is 4.67. The summed E-state index contributed by atoms with van der Waals surface area (Å²) < 4.78 is 15.1. The molecule has 2 aliphatic rings. The van der Waals surface area contributed by atoms with Crippen molar-refractivity contribution in [2.24, 2.45) is 0 Å². The van der Waals surface area contributed by atoms with Crippen LogP contribution < -0.4 is 0 Å². The second-order valence-electron chi connectivity index (χ2n) is 6.72. The quantitative estimate of drug-likeness (QED) is 0.846. The molecule has 1 saturated heterocycles. The predicted octanol–water partition coefficient (Wildman–Crippen LogP) is 3.52. The molecule has 0 atom stereocenters. The molecule has 4 nitrogen and oxygen atoms in total. The third-order valence-electron chi connectivity index (χ3n) is 5.10. The highest BCUT2D eigenvalue weighted by atomic mass is 19.1. The molecule has 126 valence electrons. The van der Waals surface area contributed by atoms with Crippen LogP contribution >= 0.6 is 0 Å². The van der Waals surface area contributed by atoms with Crippen LogP contribution in [0.2, 0.25) is 0 Å². The van der Waals surface area contributed by atoms with Gasteiger partial charge in [0, 0.05) is 24.3 Å². The first-order valence-corrected chi connectivity index (χ1v) is 8.90. The van der Waals surface area contributed by atoms with E-state index in [2.05, 4.69) is 5.10 Å². The van der Waals surface area contributed by atoms with Gasteiger partial charge < -0.3 is 4.90 Å². The first-order chi connectivity index (χ1) is 11.7. The Balaban J connectivity index is 1.74. The Kier molecular flexibility index (Phi) is 4.08. The number of hydrogen-bond donors (Lipinski definition) is 0. The number of amides is 1. The summed E-state index contributed by atoms with van der Waals surface area (Å²) in [5.41, 5.74) is 3.65. The van der Waals surface area contributed by atoms with Crippen LogP contribution in [0.25, 0.3) is 5.69 Å². The van der Waals surface area contributed by atoms with Crippen molar-refractivity contribution in [1.29, 1.82) is 0 Å². The van der Waals surface area contributed by atoms with E-state index in [-0.39, 0.29) is 11.7 Å². The van der Waals surface area contributed by atoms with Gasteiger partial charge in [-0.15, -0.1) is 0 Å². The molecule has 0 spiro atoms. The Morgan fingerprint density at radius 2 is 1.67 bits per heavy atom. The van der Waals surface area contributed by atoms with Gasteiger partial charge in [-0.1, -0.05) is 0 Å². The van der Waals surface area contributed by atoms with Crippen LogP contribution in [-0.4, -0.2) is 33.7 Å². The highest BCUT2D eigenvalue weighted by Gasteiger charge is 2.28. The normalized spacial score (nSPS) is 17.6. The molecule has 0 saturated carbocycles. The van der Waals surface area contributed by atoms with Crippen molar-refractivity contribution in [3.05, 3.63) is 47.0 Å². The van der Waals surface area contributed by atoms with Crippen molar-refractivity contribution in [1.82, 2.24) is 14.7 Å². The lowest BCUT2D eigenvalue weighted by molar-refractivity contribution is 0.0716. The summed E-state index contributed by atoms with van der Waals surface area (Å²) in [6.45, 7) is 1.66. The van der Waals surface area contributed by atoms with Gasteiger partial charge in [-0.25, -0.2) is 9.07 Å². The largest absolute Gasteiger partial charge is 0.337 e. The molecule has 5 heteroatoms. The Hall–Kier alpha value is -2.17. The lowest BCUT2D eigenvalue weighted by Crippen LogP contribution is -2.36. The molecule has 0 N–H and O–H groups in total. The standard InChI is InChI=1S/C19H22FN3O/c20-14-8-10-15(11-9-14)23-17-7-3-2-6-16(17)18(21-23)19(24)22-12-4-1-5-13-22/h8-11H,1-7,12-13H2. The maximum atomic E-state index is 13.2. The fourth-order valence-electron chi connectivity index (χ4n) is 3.81. The summed E-state index contributed by atoms with van der Waals surface area (Å²) >= 11 is 0. The minimum Gasteiger partial charge on any atom is -0.337 e. The van der Waals surface area contributed by atoms with Crippen molar-refractivity contribution >= 4 is 5.91 Å². The van der Waals surface area contributed by atoms with Crippen molar-refractivity contribution in [2.45, 2.75) is 44.9 Å². The molecule has 0 radical (unpaired) electrons. The Bertz CT molecular complexity index is 745.